The van der Waals surface area contributed by atoms with Gasteiger partial charge in [-0.2, -0.15) is 11.8 Å². The van der Waals surface area contributed by atoms with Gasteiger partial charge in [0.15, 0.2) is 0 Å². The monoisotopic (exact) mass is 499 g/mol. The number of amides is 1. The molecule has 0 saturated carbocycles. The smallest absolute Gasteiger partial charge is 0.340 e. The number of hydrogen-bond acceptors (Lipinski definition) is 6. The standard InChI is InChI=1S/C25H22ClNO6S/c1-13-16-9-18-19(14-3-5-15(26)6-4-14)12-32-21(18)11-22(16)33-25(31)17(13)10-23(28)27-20(24(29)30)7-8-34-2/h3-6,9,11-12,20H,7-8,10H2,1-2H3,(H,27,28)(H,29,30)/t20-/m0/s1. The predicted octanol–water partition coefficient (Wildman–Crippen LogP) is 5.03. The number of rotatable bonds is 8. The zero-order valence-corrected chi connectivity index (χ0v) is 20.1. The Labute approximate surface area is 204 Å². The molecule has 34 heavy (non-hydrogen) atoms. The second-order valence-corrected chi connectivity index (χ2v) is 9.33. The number of nitrogens with one attached hydrogen (secondary N) is 1. The van der Waals surface area contributed by atoms with Crippen LogP contribution in [0.15, 0.2) is 56.3 Å². The summed E-state index contributed by atoms with van der Waals surface area (Å²) in [5.41, 5.74) is 2.83. The van der Waals surface area contributed by atoms with Crippen LogP contribution in [-0.2, 0) is 16.0 Å². The summed E-state index contributed by atoms with van der Waals surface area (Å²) in [5, 5.41) is 14.0. The first-order chi connectivity index (χ1) is 16.3. The van der Waals surface area contributed by atoms with Crippen molar-refractivity contribution in [2.45, 2.75) is 25.8 Å². The molecular weight excluding hydrogens is 478 g/mol. The summed E-state index contributed by atoms with van der Waals surface area (Å²) in [5.74, 6) is -1.07. The molecule has 7 nitrogen and oxygen atoms in total. The van der Waals surface area contributed by atoms with Crippen LogP contribution >= 0.6 is 23.4 Å². The van der Waals surface area contributed by atoms with Crippen LogP contribution in [0.2, 0.25) is 5.02 Å². The lowest BCUT2D eigenvalue weighted by Gasteiger charge is -2.14. The van der Waals surface area contributed by atoms with Gasteiger partial charge in [0.1, 0.15) is 17.2 Å². The minimum Gasteiger partial charge on any atom is -0.480 e. The number of carboxylic acid groups (broad SMARTS) is 1. The van der Waals surface area contributed by atoms with E-state index >= 15 is 0 Å². The van der Waals surface area contributed by atoms with Gasteiger partial charge in [-0.1, -0.05) is 23.7 Å². The summed E-state index contributed by atoms with van der Waals surface area (Å²) in [4.78, 5) is 36.7. The fourth-order valence-electron chi connectivity index (χ4n) is 3.87. The van der Waals surface area contributed by atoms with Crippen LogP contribution in [0.1, 0.15) is 17.5 Å². The zero-order valence-electron chi connectivity index (χ0n) is 18.5. The van der Waals surface area contributed by atoms with Crippen molar-refractivity contribution in [2.75, 3.05) is 12.0 Å². The first-order valence-corrected chi connectivity index (χ1v) is 12.3. The van der Waals surface area contributed by atoms with Crippen LogP contribution in [0.25, 0.3) is 33.1 Å². The maximum atomic E-state index is 12.7. The lowest BCUT2D eigenvalue weighted by Crippen LogP contribution is -2.42. The third-order valence-corrected chi connectivity index (χ3v) is 6.61. The van der Waals surface area contributed by atoms with Gasteiger partial charge in [-0.3, -0.25) is 4.79 Å². The molecule has 2 heterocycles. The van der Waals surface area contributed by atoms with Crippen molar-refractivity contribution in [3.63, 3.8) is 0 Å². The highest BCUT2D eigenvalue weighted by atomic mass is 35.5. The van der Waals surface area contributed by atoms with Crippen LogP contribution in [0.3, 0.4) is 0 Å². The number of carbonyl (C=O) groups is 2. The Bertz CT molecular complexity index is 1440. The van der Waals surface area contributed by atoms with Crippen molar-refractivity contribution in [1.29, 1.82) is 0 Å². The highest BCUT2D eigenvalue weighted by Gasteiger charge is 2.22. The molecule has 2 aromatic carbocycles. The van der Waals surface area contributed by atoms with E-state index in [-0.39, 0.29) is 12.0 Å². The number of hydrogen-bond donors (Lipinski definition) is 2. The molecule has 0 spiro atoms. The Kier molecular flexibility index (Phi) is 7.00. The molecule has 0 unspecified atom stereocenters. The van der Waals surface area contributed by atoms with E-state index in [1.807, 2.05) is 24.5 Å². The van der Waals surface area contributed by atoms with Crippen LogP contribution in [0, 0.1) is 6.92 Å². The van der Waals surface area contributed by atoms with Gasteiger partial charge in [0.25, 0.3) is 0 Å². The number of fused-ring (bicyclic) bond motifs is 2. The summed E-state index contributed by atoms with van der Waals surface area (Å²) < 4.78 is 11.2. The van der Waals surface area contributed by atoms with Crippen molar-refractivity contribution in [3.05, 3.63) is 69.2 Å². The summed E-state index contributed by atoms with van der Waals surface area (Å²) in [6, 6.07) is 9.88. The highest BCUT2D eigenvalue weighted by molar-refractivity contribution is 7.98. The molecule has 4 aromatic rings. The van der Waals surface area contributed by atoms with E-state index in [0.717, 1.165) is 16.5 Å². The van der Waals surface area contributed by atoms with E-state index in [2.05, 4.69) is 5.32 Å². The molecule has 0 aliphatic heterocycles. The molecule has 0 radical (unpaired) electrons. The number of thioether (sulfide) groups is 1. The number of carboxylic acids is 1. The molecule has 176 valence electrons. The van der Waals surface area contributed by atoms with E-state index in [4.69, 9.17) is 20.4 Å². The highest BCUT2D eigenvalue weighted by Crippen LogP contribution is 2.35. The van der Waals surface area contributed by atoms with E-state index in [0.29, 0.717) is 39.3 Å². The minimum atomic E-state index is -1.11. The van der Waals surface area contributed by atoms with E-state index in [1.165, 1.54) is 11.8 Å². The Morgan fingerprint density at radius 2 is 1.88 bits per heavy atom. The first-order valence-electron chi connectivity index (χ1n) is 10.5. The fraction of sp³-hybridized carbons (Fsp3) is 0.240. The SMILES string of the molecule is CSCC[C@H](NC(=O)Cc1c(C)c2cc3c(-c4ccc(Cl)cc4)coc3cc2oc1=O)C(=O)O. The van der Waals surface area contributed by atoms with Gasteiger partial charge in [0.05, 0.1) is 18.2 Å². The Hall–Kier alpha value is -3.23. The molecule has 2 aromatic heterocycles. The molecular formula is C25H22ClNO6S. The van der Waals surface area contributed by atoms with Crippen molar-refractivity contribution >= 4 is 57.2 Å². The van der Waals surface area contributed by atoms with Gasteiger partial charge >= 0.3 is 11.6 Å². The molecule has 0 aliphatic rings. The predicted molar refractivity (Wildman–Crippen MR) is 134 cm³/mol. The molecule has 0 bridgehead atoms. The maximum Gasteiger partial charge on any atom is 0.340 e. The van der Waals surface area contributed by atoms with Crippen LogP contribution in [0.5, 0.6) is 0 Å². The molecule has 0 saturated heterocycles. The molecule has 9 heteroatoms. The van der Waals surface area contributed by atoms with Crippen molar-refractivity contribution in [2.24, 2.45) is 0 Å². The summed E-state index contributed by atoms with van der Waals surface area (Å²) in [6.07, 6.45) is 3.51. The Morgan fingerprint density at radius 3 is 2.56 bits per heavy atom. The van der Waals surface area contributed by atoms with Gasteiger partial charge in [0, 0.05) is 27.4 Å². The van der Waals surface area contributed by atoms with Gasteiger partial charge in [-0.25, -0.2) is 9.59 Å². The lowest BCUT2D eigenvalue weighted by atomic mass is 9.99. The minimum absolute atomic E-state index is 0.190. The number of aryl methyl sites for hydroxylation is 1. The topological polar surface area (TPSA) is 110 Å². The number of aliphatic carboxylic acids is 1. The summed E-state index contributed by atoms with van der Waals surface area (Å²) in [7, 11) is 0. The van der Waals surface area contributed by atoms with E-state index in [1.54, 1.807) is 31.4 Å². The van der Waals surface area contributed by atoms with Gasteiger partial charge in [-0.15, -0.1) is 0 Å². The number of furan rings is 1. The Morgan fingerprint density at radius 1 is 1.15 bits per heavy atom. The summed E-state index contributed by atoms with van der Waals surface area (Å²) in [6.45, 7) is 1.75. The van der Waals surface area contributed by atoms with Gasteiger partial charge in [0.2, 0.25) is 5.91 Å². The van der Waals surface area contributed by atoms with Crippen molar-refractivity contribution in [3.8, 4) is 11.1 Å². The van der Waals surface area contributed by atoms with Crippen LogP contribution in [0.4, 0.5) is 0 Å². The fourth-order valence-corrected chi connectivity index (χ4v) is 4.46. The van der Waals surface area contributed by atoms with Crippen molar-refractivity contribution < 1.29 is 23.5 Å². The average molecular weight is 500 g/mol. The lowest BCUT2D eigenvalue weighted by molar-refractivity contribution is -0.141. The molecule has 2 N–H and O–H groups in total. The van der Waals surface area contributed by atoms with E-state index in [9.17, 15) is 19.5 Å². The molecule has 0 aliphatic carbocycles. The first kappa shape index (κ1) is 23.9. The number of benzene rings is 2. The van der Waals surface area contributed by atoms with Crippen LogP contribution < -0.4 is 10.9 Å². The number of halogens is 1. The molecule has 1 atom stereocenters. The van der Waals surface area contributed by atoms with Crippen LogP contribution in [-0.4, -0.2) is 35.0 Å². The van der Waals surface area contributed by atoms with Crippen molar-refractivity contribution in [1.82, 2.24) is 5.32 Å². The van der Waals surface area contributed by atoms with Gasteiger partial charge in [-0.05, 0) is 54.7 Å². The second-order valence-electron chi connectivity index (χ2n) is 7.91. The Balaban J connectivity index is 1.71. The zero-order chi connectivity index (χ0) is 24.4. The molecule has 4 rings (SSSR count). The van der Waals surface area contributed by atoms with E-state index < -0.39 is 23.5 Å². The molecule has 1 amide bonds. The van der Waals surface area contributed by atoms with Gasteiger partial charge < -0.3 is 19.3 Å². The third kappa shape index (κ3) is 4.83. The largest absolute Gasteiger partial charge is 0.480 e. The summed E-state index contributed by atoms with van der Waals surface area (Å²) >= 11 is 7.50. The average Bonchev–Trinajstić information content (AvgIpc) is 3.21. The second kappa shape index (κ2) is 9.95. The third-order valence-electron chi connectivity index (χ3n) is 5.72. The quantitative estimate of drug-likeness (QED) is 0.327. The number of carbonyl (C=O) groups excluding carboxylic acids is 1. The maximum absolute atomic E-state index is 12.7. The normalized spacial score (nSPS) is 12.2. The molecule has 0 fully saturated rings.